The first-order valence-electron chi connectivity index (χ1n) is 9.85. The number of nitrogens with zero attached hydrogens (tertiary/aromatic N) is 2. The number of likely N-dealkylation sites (tertiary alicyclic amines) is 1. The number of anilines is 1. The lowest BCUT2D eigenvalue weighted by Crippen LogP contribution is -2.42. The second-order valence-electron chi connectivity index (χ2n) is 7.85. The molecule has 0 aliphatic carbocycles. The van der Waals surface area contributed by atoms with Crippen molar-refractivity contribution in [2.24, 2.45) is 5.92 Å². The Bertz CT molecular complexity index is 987. The van der Waals surface area contributed by atoms with Gasteiger partial charge >= 0.3 is 0 Å². The minimum Gasteiger partial charge on any atom is -0.367 e. The van der Waals surface area contributed by atoms with Gasteiger partial charge in [0.05, 0.1) is 17.6 Å². The maximum absolute atomic E-state index is 14.1. The van der Waals surface area contributed by atoms with Gasteiger partial charge in [0.15, 0.2) is 0 Å². The first-order valence-corrected chi connectivity index (χ1v) is 10.2. The molecule has 2 aliphatic rings. The van der Waals surface area contributed by atoms with Crippen LogP contribution in [-0.2, 0) is 9.59 Å². The summed E-state index contributed by atoms with van der Waals surface area (Å²) in [6, 6.07) is 10.1. The Morgan fingerprint density at radius 2 is 2.00 bits per heavy atom. The van der Waals surface area contributed by atoms with Crippen molar-refractivity contribution in [2.75, 3.05) is 25.0 Å². The first kappa shape index (κ1) is 20.6. The predicted octanol–water partition coefficient (Wildman–Crippen LogP) is 3.53. The van der Waals surface area contributed by atoms with Crippen molar-refractivity contribution in [3.8, 4) is 0 Å². The first-order chi connectivity index (χ1) is 14.3. The highest BCUT2D eigenvalue weighted by Crippen LogP contribution is 2.38. The number of amides is 2. The van der Waals surface area contributed by atoms with Crippen LogP contribution in [0, 0.1) is 17.6 Å². The van der Waals surface area contributed by atoms with Crippen LogP contribution in [0.2, 0.25) is 5.02 Å². The Labute approximate surface area is 178 Å². The van der Waals surface area contributed by atoms with E-state index in [4.69, 9.17) is 11.6 Å². The third-order valence-electron chi connectivity index (χ3n) is 5.90. The zero-order valence-electron chi connectivity index (χ0n) is 16.4. The van der Waals surface area contributed by atoms with Crippen molar-refractivity contribution in [2.45, 2.75) is 24.9 Å². The van der Waals surface area contributed by atoms with Gasteiger partial charge in [-0.1, -0.05) is 23.7 Å². The van der Waals surface area contributed by atoms with Gasteiger partial charge in [0, 0.05) is 43.7 Å². The second kappa shape index (κ2) is 8.22. The van der Waals surface area contributed by atoms with Crippen molar-refractivity contribution < 1.29 is 18.4 Å². The van der Waals surface area contributed by atoms with E-state index in [1.54, 1.807) is 35.0 Å². The molecule has 0 spiro atoms. The summed E-state index contributed by atoms with van der Waals surface area (Å²) < 4.78 is 27.2. The number of nitrogens with one attached hydrogen (secondary N) is 1. The van der Waals surface area contributed by atoms with Crippen LogP contribution in [0.5, 0.6) is 0 Å². The molecule has 30 heavy (non-hydrogen) atoms. The molecule has 2 saturated heterocycles. The molecule has 4 rings (SSSR count). The van der Waals surface area contributed by atoms with Crippen molar-refractivity contribution in [3.05, 3.63) is 64.7 Å². The predicted molar refractivity (Wildman–Crippen MR) is 110 cm³/mol. The number of benzene rings is 2. The Morgan fingerprint density at radius 1 is 1.20 bits per heavy atom. The van der Waals surface area contributed by atoms with Crippen molar-refractivity contribution >= 4 is 29.1 Å². The second-order valence-corrected chi connectivity index (χ2v) is 8.29. The monoisotopic (exact) mass is 433 g/mol. The summed E-state index contributed by atoms with van der Waals surface area (Å²) in [5, 5.41) is 3.57. The highest BCUT2D eigenvalue weighted by molar-refractivity contribution is 6.30. The number of hydrogen-bond acceptors (Lipinski definition) is 3. The largest absolute Gasteiger partial charge is 0.367 e. The molecule has 1 N–H and O–H groups in total. The summed E-state index contributed by atoms with van der Waals surface area (Å²) >= 11 is 6.11. The standard InChI is InChI=1S/C22H22ClF2N3O2/c1-27-20(29)11-17(21(27)13-3-2-4-14(23)9-13)22(30)26-16-7-8-28(12-16)19-6-5-15(24)10-18(19)25/h2-6,9-10,16-17,21H,7-8,11-12H2,1H3,(H,26,30). The molecule has 3 unspecified atom stereocenters. The molecule has 2 aromatic rings. The fourth-order valence-electron chi connectivity index (χ4n) is 4.39. The van der Waals surface area contributed by atoms with Crippen LogP contribution in [0.15, 0.2) is 42.5 Å². The van der Waals surface area contributed by atoms with Gasteiger partial charge in [0.1, 0.15) is 11.6 Å². The molecule has 3 atom stereocenters. The van der Waals surface area contributed by atoms with Crippen molar-refractivity contribution in [3.63, 3.8) is 0 Å². The summed E-state index contributed by atoms with van der Waals surface area (Å²) in [5.74, 6) is -2.07. The molecule has 8 heteroatoms. The number of halogens is 3. The third kappa shape index (κ3) is 3.99. The van der Waals surface area contributed by atoms with E-state index in [9.17, 15) is 18.4 Å². The number of carbonyl (C=O) groups is 2. The van der Waals surface area contributed by atoms with E-state index in [0.717, 1.165) is 11.6 Å². The molecule has 0 saturated carbocycles. The van der Waals surface area contributed by atoms with Gasteiger partial charge in [-0.2, -0.15) is 0 Å². The maximum Gasteiger partial charge on any atom is 0.226 e. The Hall–Kier alpha value is -2.67. The van der Waals surface area contributed by atoms with E-state index < -0.39 is 17.6 Å². The van der Waals surface area contributed by atoms with Crippen molar-refractivity contribution in [1.29, 1.82) is 0 Å². The fourth-order valence-corrected chi connectivity index (χ4v) is 4.59. The van der Waals surface area contributed by atoms with Crippen LogP contribution in [-0.4, -0.2) is 42.9 Å². The minimum atomic E-state index is -0.623. The number of carbonyl (C=O) groups excluding carboxylic acids is 2. The van der Waals surface area contributed by atoms with Gasteiger partial charge < -0.3 is 15.1 Å². The summed E-state index contributed by atoms with van der Waals surface area (Å²) in [6.07, 6.45) is 0.767. The van der Waals surface area contributed by atoms with Gasteiger partial charge in [-0.25, -0.2) is 8.78 Å². The SMILES string of the molecule is CN1C(=O)CC(C(=O)NC2CCN(c3ccc(F)cc3F)C2)C1c1cccc(Cl)c1. The van der Waals surface area contributed by atoms with E-state index in [1.807, 2.05) is 6.07 Å². The van der Waals surface area contributed by atoms with Crippen LogP contribution >= 0.6 is 11.6 Å². The number of hydrogen-bond donors (Lipinski definition) is 1. The number of rotatable bonds is 4. The molecule has 2 amide bonds. The van der Waals surface area contributed by atoms with Crippen molar-refractivity contribution in [1.82, 2.24) is 10.2 Å². The highest BCUT2D eigenvalue weighted by Gasteiger charge is 2.43. The van der Waals surface area contributed by atoms with E-state index in [-0.39, 0.29) is 30.3 Å². The molecule has 2 aliphatic heterocycles. The molecule has 0 bridgehead atoms. The highest BCUT2D eigenvalue weighted by atomic mass is 35.5. The van der Waals surface area contributed by atoms with Crippen LogP contribution in [0.4, 0.5) is 14.5 Å². The van der Waals surface area contributed by atoms with Crippen LogP contribution < -0.4 is 10.2 Å². The Kier molecular flexibility index (Phi) is 5.64. The molecule has 2 heterocycles. The average Bonchev–Trinajstić information content (AvgIpc) is 3.26. The fraction of sp³-hybridized carbons (Fsp3) is 0.364. The molecule has 2 fully saturated rings. The van der Waals surface area contributed by atoms with Gasteiger partial charge in [0.2, 0.25) is 11.8 Å². The molecular formula is C22H22ClF2N3O2. The summed E-state index contributed by atoms with van der Waals surface area (Å²) in [5.41, 5.74) is 1.14. The average molecular weight is 434 g/mol. The quantitative estimate of drug-likeness (QED) is 0.802. The van der Waals surface area contributed by atoms with E-state index >= 15 is 0 Å². The molecule has 0 aromatic heterocycles. The lowest BCUT2D eigenvalue weighted by atomic mass is 9.92. The summed E-state index contributed by atoms with van der Waals surface area (Å²) in [6.45, 7) is 0.974. The topological polar surface area (TPSA) is 52.7 Å². The van der Waals surface area contributed by atoms with Gasteiger partial charge in [-0.05, 0) is 36.2 Å². The van der Waals surface area contributed by atoms with Gasteiger partial charge in [-0.15, -0.1) is 0 Å². The molecule has 5 nitrogen and oxygen atoms in total. The van der Waals surface area contributed by atoms with Gasteiger partial charge in [0.25, 0.3) is 0 Å². The van der Waals surface area contributed by atoms with E-state index in [0.29, 0.717) is 30.2 Å². The van der Waals surface area contributed by atoms with Crippen LogP contribution in [0.25, 0.3) is 0 Å². The summed E-state index contributed by atoms with van der Waals surface area (Å²) in [4.78, 5) is 28.8. The lowest BCUT2D eigenvalue weighted by Gasteiger charge is -2.26. The van der Waals surface area contributed by atoms with E-state index in [2.05, 4.69) is 5.32 Å². The smallest absolute Gasteiger partial charge is 0.226 e. The zero-order chi connectivity index (χ0) is 21.4. The molecular weight excluding hydrogens is 412 g/mol. The zero-order valence-corrected chi connectivity index (χ0v) is 17.2. The lowest BCUT2D eigenvalue weighted by molar-refractivity contribution is -0.128. The minimum absolute atomic E-state index is 0.0958. The molecule has 2 aromatic carbocycles. The van der Waals surface area contributed by atoms with Crippen LogP contribution in [0.1, 0.15) is 24.4 Å². The molecule has 158 valence electrons. The van der Waals surface area contributed by atoms with E-state index in [1.165, 1.54) is 12.1 Å². The third-order valence-corrected chi connectivity index (χ3v) is 6.13. The normalized spacial score (nSPS) is 23.9. The summed E-state index contributed by atoms with van der Waals surface area (Å²) in [7, 11) is 1.69. The molecule has 0 radical (unpaired) electrons. The van der Waals surface area contributed by atoms with Gasteiger partial charge in [-0.3, -0.25) is 9.59 Å². The van der Waals surface area contributed by atoms with Crippen LogP contribution in [0.3, 0.4) is 0 Å². The Morgan fingerprint density at radius 3 is 2.73 bits per heavy atom. The maximum atomic E-state index is 14.1. The Balaban J connectivity index is 1.46.